The van der Waals surface area contributed by atoms with Crippen LogP contribution in [0.1, 0.15) is 27.2 Å². The fraction of sp³-hybridized carbons (Fsp3) is 0.308. The Balaban J connectivity index is 2.21. The van der Waals surface area contributed by atoms with E-state index in [-0.39, 0.29) is 0 Å². The lowest BCUT2D eigenvalue weighted by Crippen LogP contribution is -2.02. The van der Waals surface area contributed by atoms with E-state index in [0.29, 0.717) is 22.0 Å². The summed E-state index contributed by atoms with van der Waals surface area (Å²) in [6.45, 7) is 3.99. The molecule has 0 radical (unpaired) electrons. The molecule has 5 heteroatoms. The molecule has 0 saturated carbocycles. The molecule has 1 atom stereocenters. The Morgan fingerprint density at radius 1 is 1.33 bits per heavy atom. The van der Waals surface area contributed by atoms with Crippen molar-refractivity contribution >= 4 is 34.5 Å². The van der Waals surface area contributed by atoms with Gasteiger partial charge in [0.2, 0.25) is 0 Å². The summed E-state index contributed by atoms with van der Waals surface area (Å²) in [5.41, 5.74) is 1.66. The highest BCUT2D eigenvalue weighted by molar-refractivity contribution is 7.11. The van der Waals surface area contributed by atoms with Crippen molar-refractivity contribution in [1.82, 2.24) is 4.98 Å². The van der Waals surface area contributed by atoms with E-state index in [4.69, 9.17) is 23.2 Å². The molecule has 96 valence electrons. The lowest BCUT2D eigenvalue weighted by Gasteiger charge is -2.11. The first kappa shape index (κ1) is 13.8. The zero-order valence-corrected chi connectivity index (χ0v) is 12.4. The predicted molar refractivity (Wildman–Crippen MR) is 76.7 cm³/mol. The molecule has 2 aromatic rings. The van der Waals surface area contributed by atoms with Gasteiger partial charge in [-0.1, -0.05) is 23.2 Å². The van der Waals surface area contributed by atoms with Gasteiger partial charge in [0, 0.05) is 26.9 Å². The number of aryl methyl sites for hydroxylation is 2. The molecule has 0 amide bonds. The van der Waals surface area contributed by atoms with E-state index in [9.17, 15) is 5.11 Å². The van der Waals surface area contributed by atoms with Crippen LogP contribution < -0.4 is 0 Å². The fourth-order valence-electron chi connectivity index (χ4n) is 1.67. The Morgan fingerprint density at radius 3 is 2.67 bits per heavy atom. The molecule has 1 N–H and O–H groups in total. The van der Waals surface area contributed by atoms with E-state index in [1.165, 1.54) is 4.88 Å². The molecule has 1 aromatic carbocycles. The van der Waals surface area contributed by atoms with Crippen LogP contribution in [-0.2, 0) is 6.42 Å². The second-order valence-corrected chi connectivity index (χ2v) is 6.27. The third kappa shape index (κ3) is 3.04. The number of halogens is 2. The Bertz CT molecular complexity index is 549. The molecular formula is C13H13Cl2NOS. The monoisotopic (exact) mass is 301 g/mol. The summed E-state index contributed by atoms with van der Waals surface area (Å²) in [6.07, 6.45) is -0.222. The number of nitrogens with zero attached hydrogens (tertiary/aromatic N) is 1. The molecule has 1 aromatic heterocycles. The standard InChI is InChI=1S/C13H13Cl2NOS/c1-7-8(2)18-13(16-7)6-12(17)10-5-9(14)3-4-11(10)15/h3-5,12,17H,6H2,1-2H3. The van der Waals surface area contributed by atoms with Crippen molar-refractivity contribution in [3.05, 3.63) is 49.4 Å². The fourth-order valence-corrected chi connectivity index (χ4v) is 3.07. The van der Waals surface area contributed by atoms with Crippen LogP contribution in [0.15, 0.2) is 18.2 Å². The lowest BCUT2D eigenvalue weighted by molar-refractivity contribution is 0.178. The first-order valence-electron chi connectivity index (χ1n) is 5.53. The summed E-state index contributed by atoms with van der Waals surface area (Å²) in [4.78, 5) is 5.59. The molecule has 1 unspecified atom stereocenters. The highest BCUT2D eigenvalue weighted by atomic mass is 35.5. The zero-order chi connectivity index (χ0) is 13.3. The Kier molecular flexibility index (Phi) is 4.28. The van der Waals surface area contributed by atoms with E-state index in [2.05, 4.69) is 4.98 Å². The molecule has 0 aliphatic carbocycles. The minimum absolute atomic E-state index is 0.458. The van der Waals surface area contributed by atoms with Crippen molar-refractivity contribution in [2.75, 3.05) is 0 Å². The van der Waals surface area contributed by atoms with Gasteiger partial charge in [0.1, 0.15) is 0 Å². The van der Waals surface area contributed by atoms with E-state index in [1.54, 1.807) is 29.5 Å². The minimum Gasteiger partial charge on any atom is -0.388 e. The predicted octanol–water partition coefficient (Wildman–Crippen LogP) is 4.34. The maximum atomic E-state index is 10.2. The van der Waals surface area contributed by atoms with E-state index in [1.807, 2.05) is 13.8 Å². The van der Waals surface area contributed by atoms with Crippen molar-refractivity contribution in [3.63, 3.8) is 0 Å². The molecule has 0 aliphatic rings. The van der Waals surface area contributed by atoms with Gasteiger partial charge < -0.3 is 5.11 Å². The Hall–Kier alpha value is -0.610. The number of benzene rings is 1. The molecule has 0 fully saturated rings. The van der Waals surface area contributed by atoms with Gasteiger partial charge in [-0.3, -0.25) is 0 Å². The number of hydrogen-bond donors (Lipinski definition) is 1. The summed E-state index contributed by atoms with van der Waals surface area (Å²) in [6, 6.07) is 5.10. The first-order chi connectivity index (χ1) is 8.47. The van der Waals surface area contributed by atoms with E-state index >= 15 is 0 Å². The van der Waals surface area contributed by atoms with Crippen molar-refractivity contribution in [2.24, 2.45) is 0 Å². The van der Waals surface area contributed by atoms with Gasteiger partial charge in [0.25, 0.3) is 0 Å². The van der Waals surface area contributed by atoms with Gasteiger partial charge in [-0.05, 0) is 32.0 Å². The maximum Gasteiger partial charge on any atom is 0.0960 e. The van der Waals surface area contributed by atoms with Crippen molar-refractivity contribution in [2.45, 2.75) is 26.4 Å². The van der Waals surface area contributed by atoms with Crippen molar-refractivity contribution in [1.29, 1.82) is 0 Å². The van der Waals surface area contributed by atoms with Crippen LogP contribution in [0.5, 0.6) is 0 Å². The number of aliphatic hydroxyl groups is 1. The summed E-state index contributed by atoms with van der Waals surface area (Å²) in [7, 11) is 0. The lowest BCUT2D eigenvalue weighted by atomic mass is 10.1. The molecule has 0 saturated heterocycles. The van der Waals surface area contributed by atoms with Gasteiger partial charge in [-0.25, -0.2) is 4.98 Å². The van der Waals surface area contributed by atoms with Crippen LogP contribution in [-0.4, -0.2) is 10.1 Å². The molecule has 0 spiro atoms. The van der Waals surface area contributed by atoms with Crippen LogP contribution in [0.2, 0.25) is 10.0 Å². The molecule has 2 nitrogen and oxygen atoms in total. The van der Waals surface area contributed by atoms with Crippen LogP contribution >= 0.6 is 34.5 Å². The molecule has 18 heavy (non-hydrogen) atoms. The summed E-state index contributed by atoms with van der Waals surface area (Å²) in [5, 5.41) is 12.2. The average Bonchev–Trinajstić information content (AvgIpc) is 2.61. The van der Waals surface area contributed by atoms with Gasteiger partial charge in [-0.2, -0.15) is 0 Å². The average molecular weight is 302 g/mol. The topological polar surface area (TPSA) is 33.1 Å². The number of aromatic nitrogens is 1. The first-order valence-corrected chi connectivity index (χ1v) is 7.10. The van der Waals surface area contributed by atoms with Gasteiger partial charge in [0.15, 0.2) is 0 Å². The number of hydrogen-bond acceptors (Lipinski definition) is 3. The largest absolute Gasteiger partial charge is 0.388 e. The SMILES string of the molecule is Cc1nc(CC(O)c2cc(Cl)ccc2Cl)sc1C. The maximum absolute atomic E-state index is 10.2. The molecular weight excluding hydrogens is 289 g/mol. The summed E-state index contributed by atoms with van der Waals surface area (Å²) in [5.74, 6) is 0. The van der Waals surface area contributed by atoms with Crippen molar-refractivity contribution < 1.29 is 5.11 Å². The molecule has 1 heterocycles. The number of thiazole rings is 1. The minimum atomic E-state index is -0.679. The molecule has 2 rings (SSSR count). The Labute approximate surface area is 120 Å². The molecule has 0 bridgehead atoms. The third-order valence-electron chi connectivity index (χ3n) is 2.76. The van der Waals surface area contributed by atoms with Crippen molar-refractivity contribution in [3.8, 4) is 0 Å². The van der Waals surface area contributed by atoms with Gasteiger partial charge in [-0.15, -0.1) is 11.3 Å². The van der Waals surface area contributed by atoms with Crippen LogP contribution in [0, 0.1) is 13.8 Å². The molecule has 0 aliphatic heterocycles. The second-order valence-electron chi connectivity index (χ2n) is 4.13. The summed E-state index contributed by atoms with van der Waals surface area (Å²) >= 11 is 13.6. The third-order valence-corrected chi connectivity index (χ3v) is 4.43. The van der Waals surface area contributed by atoms with Crippen LogP contribution in [0.4, 0.5) is 0 Å². The van der Waals surface area contributed by atoms with Crippen LogP contribution in [0.3, 0.4) is 0 Å². The van der Waals surface area contributed by atoms with Gasteiger partial charge >= 0.3 is 0 Å². The number of aliphatic hydroxyl groups excluding tert-OH is 1. The van der Waals surface area contributed by atoms with E-state index in [0.717, 1.165) is 10.7 Å². The quantitative estimate of drug-likeness (QED) is 0.914. The highest BCUT2D eigenvalue weighted by Gasteiger charge is 2.15. The summed E-state index contributed by atoms with van der Waals surface area (Å²) < 4.78 is 0. The Morgan fingerprint density at radius 2 is 2.06 bits per heavy atom. The van der Waals surface area contributed by atoms with Crippen LogP contribution in [0.25, 0.3) is 0 Å². The zero-order valence-electron chi connectivity index (χ0n) is 10.1. The number of rotatable bonds is 3. The normalized spacial score (nSPS) is 12.7. The van der Waals surface area contributed by atoms with Gasteiger partial charge in [0.05, 0.1) is 16.8 Å². The smallest absolute Gasteiger partial charge is 0.0960 e. The second kappa shape index (κ2) is 5.57. The highest BCUT2D eigenvalue weighted by Crippen LogP contribution is 2.29. The van der Waals surface area contributed by atoms with E-state index < -0.39 is 6.10 Å².